The monoisotopic (exact) mass is 332 g/mol. The van der Waals surface area contributed by atoms with E-state index >= 15 is 0 Å². The molecule has 0 fully saturated rings. The van der Waals surface area contributed by atoms with Crippen LogP contribution in [-0.4, -0.2) is 34.9 Å². The van der Waals surface area contributed by atoms with Crippen molar-refractivity contribution in [2.45, 2.75) is 19.9 Å². The van der Waals surface area contributed by atoms with Gasteiger partial charge in [0.2, 0.25) is 5.91 Å². The van der Waals surface area contributed by atoms with E-state index in [9.17, 15) is 14.7 Å². The third-order valence-electron chi connectivity index (χ3n) is 3.38. The molecule has 0 aliphatic rings. The van der Waals surface area contributed by atoms with E-state index in [1.807, 2.05) is 18.4 Å². The summed E-state index contributed by atoms with van der Waals surface area (Å²) in [7, 11) is 0. The number of nitrogens with zero attached hydrogens (tertiary/aromatic N) is 1. The van der Waals surface area contributed by atoms with Crippen molar-refractivity contribution in [3.63, 3.8) is 0 Å². The van der Waals surface area contributed by atoms with Crippen molar-refractivity contribution < 1.29 is 14.7 Å². The molecule has 2 N–H and O–H groups in total. The van der Waals surface area contributed by atoms with Gasteiger partial charge in [-0.05, 0) is 23.9 Å². The highest BCUT2D eigenvalue weighted by molar-refractivity contribution is 7.08. The van der Waals surface area contributed by atoms with Crippen LogP contribution in [0.5, 0.6) is 5.75 Å². The molecule has 2 amide bonds. The zero-order valence-electron chi connectivity index (χ0n) is 13.0. The molecule has 0 aliphatic carbocycles. The van der Waals surface area contributed by atoms with E-state index in [2.05, 4.69) is 5.32 Å². The number of phenolic OH excluding ortho intramolecular Hbond substituents is 1. The minimum absolute atomic E-state index is 0.0533. The Balaban J connectivity index is 1.95. The number of amides is 2. The van der Waals surface area contributed by atoms with Gasteiger partial charge in [0.05, 0.1) is 6.54 Å². The molecule has 0 saturated carbocycles. The van der Waals surface area contributed by atoms with Crippen molar-refractivity contribution in [3.8, 4) is 5.75 Å². The van der Waals surface area contributed by atoms with Gasteiger partial charge in [-0.1, -0.05) is 25.1 Å². The number of para-hydroxylation sites is 1. The number of rotatable bonds is 7. The van der Waals surface area contributed by atoms with Crippen LogP contribution >= 0.6 is 11.3 Å². The molecule has 122 valence electrons. The molecule has 0 saturated heterocycles. The van der Waals surface area contributed by atoms with Gasteiger partial charge in [0.25, 0.3) is 5.91 Å². The predicted octanol–water partition coefficient (Wildman–Crippen LogP) is 2.62. The van der Waals surface area contributed by atoms with Crippen LogP contribution in [0.15, 0.2) is 41.1 Å². The Bertz CT molecular complexity index is 656. The van der Waals surface area contributed by atoms with Gasteiger partial charge in [-0.3, -0.25) is 9.59 Å². The largest absolute Gasteiger partial charge is 0.508 e. The highest BCUT2D eigenvalue weighted by atomic mass is 32.1. The van der Waals surface area contributed by atoms with E-state index in [1.165, 1.54) is 11.3 Å². The highest BCUT2D eigenvalue weighted by Gasteiger charge is 2.16. The van der Waals surface area contributed by atoms with Crippen LogP contribution < -0.4 is 5.32 Å². The van der Waals surface area contributed by atoms with Crippen molar-refractivity contribution in [2.75, 3.05) is 13.1 Å². The molecule has 0 unspecified atom stereocenters. The fraction of sp³-hybridized carbons (Fsp3) is 0.294. The summed E-state index contributed by atoms with van der Waals surface area (Å²) in [4.78, 5) is 25.9. The molecule has 0 radical (unpaired) electrons. The number of benzene rings is 1. The maximum atomic E-state index is 12.4. The first kappa shape index (κ1) is 17.0. The predicted molar refractivity (Wildman–Crippen MR) is 90.5 cm³/mol. The number of carbonyl (C=O) groups excluding carboxylic acids is 2. The minimum Gasteiger partial charge on any atom is -0.508 e. The first-order valence-corrected chi connectivity index (χ1v) is 8.41. The van der Waals surface area contributed by atoms with Gasteiger partial charge in [0, 0.05) is 29.6 Å². The molecule has 0 atom stereocenters. The number of hydrogen-bond donors (Lipinski definition) is 2. The summed E-state index contributed by atoms with van der Waals surface area (Å²) in [5.41, 5.74) is 1.25. The zero-order valence-corrected chi connectivity index (χ0v) is 13.8. The molecule has 23 heavy (non-hydrogen) atoms. The Hall–Kier alpha value is -2.34. The smallest absolute Gasteiger partial charge is 0.252 e. The number of aromatic hydroxyl groups is 1. The van der Waals surface area contributed by atoms with E-state index in [4.69, 9.17) is 0 Å². The summed E-state index contributed by atoms with van der Waals surface area (Å²) in [6, 6.07) is 8.67. The summed E-state index contributed by atoms with van der Waals surface area (Å²) >= 11 is 1.44. The van der Waals surface area contributed by atoms with E-state index < -0.39 is 0 Å². The van der Waals surface area contributed by atoms with Gasteiger partial charge in [0.15, 0.2) is 0 Å². The summed E-state index contributed by atoms with van der Waals surface area (Å²) < 4.78 is 0. The molecular formula is C17H20N2O3S. The van der Waals surface area contributed by atoms with Crippen LogP contribution in [0, 0.1) is 0 Å². The van der Waals surface area contributed by atoms with Crippen molar-refractivity contribution in [1.29, 1.82) is 0 Å². The van der Waals surface area contributed by atoms with Gasteiger partial charge in [-0.25, -0.2) is 0 Å². The Morgan fingerprint density at radius 3 is 2.70 bits per heavy atom. The fourth-order valence-electron chi connectivity index (χ4n) is 2.18. The van der Waals surface area contributed by atoms with Crippen LogP contribution in [0.25, 0.3) is 0 Å². The number of hydrogen-bond acceptors (Lipinski definition) is 4. The number of carbonyl (C=O) groups is 2. The SMILES string of the molecule is CCCN(Cc1ccccc1O)C(=O)CNC(=O)c1ccsc1. The summed E-state index contributed by atoms with van der Waals surface area (Å²) in [5, 5.41) is 16.0. The molecular weight excluding hydrogens is 312 g/mol. The van der Waals surface area contributed by atoms with Crippen molar-refractivity contribution in [1.82, 2.24) is 10.2 Å². The Kier molecular flexibility index (Phi) is 6.17. The minimum atomic E-state index is -0.251. The maximum Gasteiger partial charge on any atom is 0.252 e. The Labute approximate surface area is 139 Å². The third-order valence-corrected chi connectivity index (χ3v) is 4.07. The molecule has 1 aromatic heterocycles. The number of phenols is 1. The lowest BCUT2D eigenvalue weighted by Gasteiger charge is -2.23. The van der Waals surface area contributed by atoms with E-state index in [0.717, 1.165) is 6.42 Å². The standard InChI is InChI=1S/C17H20N2O3S/c1-2-8-19(11-13-5-3-4-6-15(13)20)16(21)10-18-17(22)14-7-9-23-12-14/h3-7,9,12,20H,2,8,10-11H2,1H3,(H,18,22). The second-order valence-corrected chi connectivity index (χ2v) is 5.92. The topological polar surface area (TPSA) is 69.6 Å². The lowest BCUT2D eigenvalue weighted by atomic mass is 10.2. The van der Waals surface area contributed by atoms with Gasteiger partial charge in [-0.2, -0.15) is 11.3 Å². The maximum absolute atomic E-state index is 12.4. The van der Waals surface area contributed by atoms with Crippen LogP contribution in [0.1, 0.15) is 29.3 Å². The van der Waals surface area contributed by atoms with Gasteiger partial charge >= 0.3 is 0 Å². The molecule has 6 heteroatoms. The van der Waals surface area contributed by atoms with Crippen LogP contribution in [0.2, 0.25) is 0 Å². The molecule has 5 nitrogen and oxygen atoms in total. The van der Waals surface area contributed by atoms with Gasteiger partial charge in [0.1, 0.15) is 5.75 Å². The molecule has 2 rings (SSSR count). The first-order chi connectivity index (χ1) is 11.1. The Morgan fingerprint density at radius 2 is 2.04 bits per heavy atom. The lowest BCUT2D eigenvalue weighted by Crippen LogP contribution is -2.40. The molecule has 0 spiro atoms. The third kappa shape index (κ3) is 4.82. The fourth-order valence-corrected chi connectivity index (χ4v) is 2.81. The van der Waals surface area contributed by atoms with Crippen molar-refractivity contribution in [2.24, 2.45) is 0 Å². The number of nitrogens with one attached hydrogen (secondary N) is 1. The van der Waals surface area contributed by atoms with Crippen LogP contribution in [0.3, 0.4) is 0 Å². The second kappa shape index (κ2) is 8.33. The molecule has 0 bridgehead atoms. The molecule has 1 aromatic carbocycles. The number of thiophene rings is 1. The average Bonchev–Trinajstić information content (AvgIpc) is 3.08. The zero-order chi connectivity index (χ0) is 16.7. The van der Waals surface area contributed by atoms with Crippen molar-refractivity contribution in [3.05, 3.63) is 52.2 Å². The second-order valence-electron chi connectivity index (χ2n) is 5.14. The molecule has 1 heterocycles. The quantitative estimate of drug-likeness (QED) is 0.819. The summed E-state index contributed by atoms with van der Waals surface area (Å²) in [5.74, 6) is -0.249. The average molecular weight is 332 g/mol. The Morgan fingerprint density at radius 1 is 1.26 bits per heavy atom. The van der Waals surface area contributed by atoms with Crippen molar-refractivity contribution >= 4 is 23.2 Å². The summed E-state index contributed by atoms with van der Waals surface area (Å²) in [6.07, 6.45) is 0.803. The normalized spacial score (nSPS) is 10.3. The van der Waals surface area contributed by atoms with E-state index in [-0.39, 0.29) is 24.1 Å². The molecule has 2 aromatic rings. The van der Waals surface area contributed by atoms with E-state index in [1.54, 1.807) is 34.5 Å². The van der Waals surface area contributed by atoms with Gasteiger partial charge in [-0.15, -0.1) is 0 Å². The summed E-state index contributed by atoms with van der Waals surface area (Å²) in [6.45, 7) is 2.83. The van der Waals surface area contributed by atoms with Crippen LogP contribution in [-0.2, 0) is 11.3 Å². The van der Waals surface area contributed by atoms with Gasteiger partial charge < -0.3 is 15.3 Å². The molecule has 0 aliphatic heterocycles. The lowest BCUT2D eigenvalue weighted by molar-refractivity contribution is -0.130. The van der Waals surface area contributed by atoms with Crippen LogP contribution in [0.4, 0.5) is 0 Å². The highest BCUT2D eigenvalue weighted by Crippen LogP contribution is 2.18. The first-order valence-electron chi connectivity index (χ1n) is 7.47. The van der Waals surface area contributed by atoms with E-state index in [0.29, 0.717) is 24.2 Å².